The maximum Gasteiger partial charge on any atom is 0.0594 e. The van der Waals surface area contributed by atoms with E-state index < -0.39 is 0 Å². The predicted molar refractivity (Wildman–Crippen MR) is 84.1 cm³/mol. The molecule has 2 N–H and O–H groups in total. The molecule has 0 radical (unpaired) electrons. The first-order valence-electron chi connectivity index (χ1n) is 7.71. The second kappa shape index (κ2) is 7.21. The molecule has 0 amide bonds. The molecule has 1 saturated heterocycles. The Morgan fingerprint density at radius 3 is 2.35 bits per heavy atom. The van der Waals surface area contributed by atoms with Crippen molar-refractivity contribution in [2.24, 2.45) is 5.73 Å². The molecule has 0 aromatic heterocycles. The van der Waals surface area contributed by atoms with Gasteiger partial charge in [0.05, 0.1) is 13.2 Å². The van der Waals surface area contributed by atoms with Gasteiger partial charge in [0.25, 0.3) is 0 Å². The van der Waals surface area contributed by atoms with E-state index in [1.807, 2.05) is 0 Å². The van der Waals surface area contributed by atoms with Gasteiger partial charge >= 0.3 is 0 Å². The van der Waals surface area contributed by atoms with Gasteiger partial charge in [-0.3, -0.25) is 4.90 Å². The van der Waals surface area contributed by atoms with Crippen molar-refractivity contribution in [3.63, 3.8) is 0 Å². The van der Waals surface area contributed by atoms with Gasteiger partial charge in [-0.25, -0.2) is 0 Å². The van der Waals surface area contributed by atoms with Gasteiger partial charge in [0.15, 0.2) is 0 Å². The first-order valence-corrected chi connectivity index (χ1v) is 7.71. The fraction of sp³-hybridized carbons (Fsp3) is 0.647. The maximum absolute atomic E-state index is 6.42. The minimum absolute atomic E-state index is 0.164. The van der Waals surface area contributed by atoms with Gasteiger partial charge in [0, 0.05) is 19.1 Å². The highest BCUT2D eigenvalue weighted by Gasteiger charge is 2.14. The fourth-order valence-electron chi connectivity index (χ4n) is 3.28. The summed E-state index contributed by atoms with van der Waals surface area (Å²) in [4.78, 5) is 2.48. The van der Waals surface area contributed by atoms with Gasteiger partial charge in [0.2, 0.25) is 0 Å². The molecule has 1 fully saturated rings. The van der Waals surface area contributed by atoms with Crippen molar-refractivity contribution in [3.05, 3.63) is 34.4 Å². The van der Waals surface area contributed by atoms with Crippen LogP contribution in [0.4, 0.5) is 0 Å². The zero-order valence-corrected chi connectivity index (χ0v) is 13.1. The summed E-state index contributed by atoms with van der Waals surface area (Å²) in [6.45, 7) is 11.5. The van der Waals surface area contributed by atoms with E-state index in [-0.39, 0.29) is 6.04 Å². The van der Waals surface area contributed by atoms with Crippen molar-refractivity contribution < 1.29 is 4.74 Å². The first kappa shape index (κ1) is 15.5. The number of hydrogen-bond donors (Lipinski definition) is 1. The lowest BCUT2D eigenvalue weighted by Crippen LogP contribution is -2.37. The average Bonchev–Trinajstić information content (AvgIpc) is 2.38. The summed E-state index contributed by atoms with van der Waals surface area (Å²) in [6.07, 6.45) is 2.22. The van der Waals surface area contributed by atoms with Gasteiger partial charge in [-0.05, 0) is 56.8 Å². The van der Waals surface area contributed by atoms with E-state index in [4.69, 9.17) is 10.5 Å². The van der Waals surface area contributed by atoms with Crippen LogP contribution in [0, 0.1) is 20.8 Å². The third-order valence-electron chi connectivity index (χ3n) is 4.20. The first-order chi connectivity index (χ1) is 9.58. The van der Waals surface area contributed by atoms with Crippen molar-refractivity contribution in [2.75, 3.05) is 32.8 Å². The Labute approximate surface area is 123 Å². The van der Waals surface area contributed by atoms with E-state index in [0.717, 1.165) is 45.7 Å². The molecule has 0 saturated carbocycles. The minimum Gasteiger partial charge on any atom is -0.379 e. The van der Waals surface area contributed by atoms with Crippen molar-refractivity contribution in [1.29, 1.82) is 0 Å². The predicted octanol–water partition coefficient (Wildman–Crippen LogP) is 2.72. The highest BCUT2D eigenvalue weighted by Crippen LogP contribution is 2.25. The van der Waals surface area contributed by atoms with E-state index in [9.17, 15) is 0 Å². The molecule has 1 atom stereocenters. The van der Waals surface area contributed by atoms with Crippen molar-refractivity contribution >= 4 is 0 Å². The highest BCUT2D eigenvalue weighted by molar-refractivity contribution is 5.39. The molecule has 1 aliphatic rings. The van der Waals surface area contributed by atoms with Gasteiger partial charge in [-0.2, -0.15) is 0 Å². The van der Waals surface area contributed by atoms with Crippen LogP contribution in [0.3, 0.4) is 0 Å². The number of aryl methyl sites for hydroxylation is 3. The van der Waals surface area contributed by atoms with Gasteiger partial charge in [-0.1, -0.05) is 17.7 Å². The quantitative estimate of drug-likeness (QED) is 0.898. The second-order valence-corrected chi connectivity index (χ2v) is 6.02. The van der Waals surface area contributed by atoms with Crippen LogP contribution >= 0.6 is 0 Å². The number of benzene rings is 1. The lowest BCUT2D eigenvalue weighted by atomic mass is 9.92. The topological polar surface area (TPSA) is 38.5 Å². The van der Waals surface area contributed by atoms with E-state index in [1.165, 1.54) is 22.3 Å². The molecule has 0 aliphatic carbocycles. The van der Waals surface area contributed by atoms with Crippen molar-refractivity contribution in [1.82, 2.24) is 4.90 Å². The number of nitrogens with two attached hydrogens (primary N) is 1. The summed E-state index contributed by atoms with van der Waals surface area (Å²) in [5.74, 6) is 0. The third kappa shape index (κ3) is 4.05. The molecule has 3 nitrogen and oxygen atoms in total. The molecule has 1 aromatic carbocycles. The third-order valence-corrected chi connectivity index (χ3v) is 4.20. The van der Waals surface area contributed by atoms with Crippen LogP contribution in [-0.4, -0.2) is 37.7 Å². The summed E-state index contributed by atoms with van der Waals surface area (Å²) in [5, 5.41) is 0. The summed E-state index contributed by atoms with van der Waals surface area (Å²) >= 11 is 0. The van der Waals surface area contributed by atoms with Gasteiger partial charge in [0.1, 0.15) is 0 Å². The zero-order valence-electron chi connectivity index (χ0n) is 13.1. The van der Waals surface area contributed by atoms with E-state index in [0.29, 0.717) is 0 Å². The molecular weight excluding hydrogens is 248 g/mol. The number of nitrogens with zero attached hydrogens (tertiary/aromatic N) is 1. The highest BCUT2D eigenvalue weighted by atomic mass is 16.5. The number of rotatable bonds is 5. The molecule has 112 valence electrons. The lowest BCUT2D eigenvalue weighted by Gasteiger charge is -2.27. The number of morpholine rings is 1. The molecule has 20 heavy (non-hydrogen) atoms. The second-order valence-electron chi connectivity index (χ2n) is 6.02. The Morgan fingerprint density at radius 1 is 1.15 bits per heavy atom. The number of hydrogen-bond acceptors (Lipinski definition) is 3. The van der Waals surface area contributed by atoms with Crippen LogP contribution < -0.4 is 5.73 Å². The van der Waals surface area contributed by atoms with Crippen LogP contribution in [0.5, 0.6) is 0 Å². The molecule has 0 spiro atoms. The molecule has 0 bridgehead atoms. The van der Waals surface area contributed by atoms with Crippen LogP contribution in [0.2, 0.25) is 0 Å². The summed E-state index contributed by atoms with van der Waals surface area (Å²) in [6, 6.07) is 4.64. The zero-order chi connectivity index (χ0) is 14.5. The number of ether oxygens (including phenoxy) is 1. The Balaban J connectivity index is 1.86. The molecular formula is C17H28N2O. The average molecular weight is 276 g/mol. The molecule has 1 unspecified atom stereocenters. The Bertz CT molecular complexity index is 416. The van der Waals surface area contributed by atoms with Crippen LogP contribution in [0.15, 0.2) is 12.1 Å². The lowest BCUT2D eigenvalue weighted by molar-refractivity contribution is 0.0370. The van der Waals surface area contributed by atoms with Crippen LogP contribution in [0.1, 0.15) is 41.1 Å². The van der Waals surface area contributed by atoms with Gasteiger partial charge < -0.3 is 10.5 Å². The fourth-order valence-corrected chi connectivity index (χ4v) is 3.28. The van der Waals surface area contributed by atoms with Crippen LogP contribution in [0.25, 0.3) is 0 Å². The summed E-state index contributed by atoms with van der Waals surface area (Å²) < 4.78 is 5.37. The van der Waals surface area contributed by atoms with Crippen molar-refractivity contribution in [3.8, 4) is 0 Å². The molecule has 1 heterocycles. The smallest absolute Gasteiger partial charge is 0.0594 e. The Hall–Kier alpha value is -0.900. The van der Waals surface area contributed by atoms with Gasteiger partial charge in [-0.15, -0.1) is 0 Å². The maximum atomic E-state index is 6.42. The van der Waals surface area contributed by atoms with Crippen molar-refractivity contribution in [2.45, 2.75) is 39.7 Å². The Morgan fingerprint density at radius 2 is 1.75 bits per heavy atom. The SMILES string of the molecule is Cc1cc(C)c(C(N)CCCN2CCOCC2)c(C)c1. The van der Waals surface area contributed by atoms with E-state index in [2.05, 4.69) is 37.8 Å². The standard InChI is InChI=1S/C17H28N2O/c1-13-11-14(2)17(15(3)12-13)16(18)5-4-6-19-7-9-20-10-8-19/h11-12,16H,4-10,18H2,1-3H3. The summed E-state index contributed by atoms with van der Waals surface area (Å²) in [7, 11) is 0. The summed E-state index contributed by atoms with van der Waals surface area (Å²) in [5.41, 5.74) is 11.8. The monoisotopic (exact) mass is 276 g/mol. The van der Waals surface area contributed by atoms with E-state index >= 15 is 0 Å². The molecule has 3 heteroatoms. The molecule has 1 aliphatic heterocycles. The molecule has 2 rings (SSSR count). The molecule has 1 aromatic rings. The normalized spacial score (nSPS) is 18.2. The van der Waals surface area contributed by atoms with Crippen LogP contribution in [-0.2, 0) is 4.74 Å². The van der Waals surface area contributed by atoms with E-state index in [1.54, 1.807) is 0 Å². The largest absolute Gasteiger partial charge is 0.379 e. The minimum atomic E-state index is 0.164. The Kier molecular flexibility index (Phi) is 5.58.